The Balaban J connectivity index is 1.65. The van der Waals surface area contributed by atoms with E-state index in [-0.39, 0.29) is 11.2 Å². The molecule has 3 aromatic rings. The second kappa shape index (κ2) is 7.16. The Hall–Kier alpha value is -2.91. The predicted octanol–water partition coefficient (Wildman–Crippen LogP) is 2.15. The van der Waals surface area contributed by atoms with Crippen molar-refractivity contribution in [2.45, 2.75) is 38.3 Å². The maximum atomic E-state index is 12.7. The van der Waals surface area contributed by atoms with Gasteiger partial charge in [0.05, 0.1) is 22.1 Å². The summed E-state index contributed by atoms with van der Waals surface area (Å²) in [6, 6.07) is 4.14. The standard InChI is InChI=1S/C20H21N3O5S/c1-10-17(19(26)23-14(9-24)18(21)25)13-7-12(3-4-15(13)27-10)28-20(5-6-20)16-8-22-11(2)29-16/h3-4,7-8,14,24H,5-6,9H2,1-2H3,(H2,21,25)(H,23,26)/t14-/m0/s1. The molecule has 1 saturated carbocycles. The number of thiazole rings is 1. The minimum Gasteiger partial charge on any atom is -0.482 e. The highest BCUT2D eigenvalue weighted by molar-refractivity contribution is 7.11. The van der Waals surface area contributed by atoms with Gasteiger partial charge in [0.25, 0.3) is 5.91 Å². The van der Waals surface area contributed by atoms with Crippen molar-refractivity contribution >= 4 is 34.1 Å². The third-order valence-electron chi connectivity index (χ3n) is 4.98. The Bertz CT molecular complexity index is 1100. The Morgan fingerprint density at radius 1 is 1.41 bits per heavy atom. The highest BCUT2D eigenvalue weighted by Gasteiger charge is 2.49. The van der Waals surface area contributed by atoms with Crippen molar-refractivity contribution < 1.29 is 23.8 Å². The number of aryl methyl sites for hydroxylation is 2. The molecular weight excluding hydrogens is 394 g/mol. The van der Waals surface area contributed by atoms with Crippen LogP contribution in [-0.2, 0) is 10.4 Å². The largest absolute Gasteiger partial charge is 0.482 e. The van der Waals surface area contributed by atoms with Gasteiger partial charge in [-0.1, -0.05) is 0 Å². The van der Waals surface area contributed by atoms with E-state index in [0.717, 1.165) is 22.7 Å². The number of ether oxygens (including phenoxy) is 1. The van der Waals surface area contributed by atoms with Gasteiger partial charge in [-0.25, -0.2) is 4.98 Å². The van der Waals surface area contributed by atoms with Crippen LogP contribution in [0.4, 0.5) is 0 Å². The van der Waals surface area contributed by atoms with Crippen LogP contribution in [0.2, 0.25) is 0 Å². The van der Waals surface area contributed by atoms with Gasteiger partial charge in [-0.15, -0.1) is 11.3 Å². The van der Waals surface area contributed by atoms with Crippen LogP contribution in [0.15, 0.2) is 28.8 Å². The van der Waals surface area contributed by atoms with Crippen molar-refractivity contribution in [3.8, 4) is 5.75 Å². The first-order valence-electron chi connectivity index (χ1n) is 9.19. The Labute approximate surface area is 170 Å². The van der Waals surface area contributed by atoms with E-state index in [0.29, 0.717) is 22.5 Å². The number of nitrogens with one attached hydrogen (secondary N) is 1. The number of aliphatic hydroxyl groups excluding tert-OH is 1. The van der Waals surface area contributed by atoms with E-state index in [1.807, 2.05) is 13.1 Å². The van der Waals surface area contributed by atoms with E-state index in [1.54, 1.807) is 36.5 Å². The minimum atomic E-state index is -1.17. The molecule has 9 heteroatoms. The topological polar surface area (TPSA) is 128 Å². The van der Waals surface area contributed by atoms with Crippen molar-refractivity contribution in [2.75, 3.05) is 6.61 Å². The highest BCUT2D eigenvalue weighted by atomic mass is 32.1. The van der Waals surface area contributed by atoms with Crippen molar-refractivity contribution in [2.24, 2.45) is 5.73 Å². The van der Waals surface area contributed by atoms with Crippen molar-refractivity contribution in [1.82, 2.24) is 10.3 Å². The van der Waals surface area contributed by atoms with Crippen molar-refractivity contribution in [3.63, 3.8) is 0 Å². The molecule has 4 N–H and O–H groups in total. The van der Waals surface area contributed by atoms with Crippen molar-refractivity contribution in [1.29, 1.82) is 0 Å². The first kappa shape index (κ1) is 19.4. The molecule has 2 amide bonds. The molecule has 1 atom stereocenters. The number of furan rings is 1. The quantitative estimate of drug-likeness (QED) is 0.542. The fraction of sp³-hybridized carbons (Fsp3) is 0.350. The molecule has 0 bridgehead atoms. The third-order valence-corrected chi connectivity index (χ3v) is 6.08. The van der Waals surface area contributed by atoms with Crippen LogP contribution >= 0.6 is 11.3 Å². The number of nitrogens with two attached hydrogens (primary N) is 1. The highest BCUT2D eigenvalue weighted by Crippen LogP contribution is 2.51. The molecule has 0 spiro atoms. The van der Waals surface area contributed by atoms with E-state index < -0.39 is 24.5 Å². The molecule has 1 aromatic carbocycles. The maximum absolute atomic E-state index is 12.7. The smallest absolute Gasteiger partial charge is 0.256 e. The van der Waals surface area contributed by atoms with Gasteiger partial charge >= 0.3 is 0 Å². The number of carbonyl (C=O) groups is 2. The van der Waals surface area contributed by atoms with Crippen molar-refractivity contribution in [3.05, 3.63) is 45.6 Å². The van der Waals surface area contributed by atoms with Gasteiger partial charge in [-0.05, 0) is 44.9 Å². The number of hydrogen-bond acceptors (Lipinski definition) is 7. The summed E-state index contributed by atoms with van der Waals surface area (Å²) < 4.78 is 12.0. The minimum absolute atomic E-state index is 0.281. The summed E-state index contributed by atoms with van der Waals surface area (Å²) in [6.07, 6.45) is 3.66. The number of carbonyl (C=O) groups excluding carboxylic acids is 2. The van der Waals surface area contributed by atoms with Crippen LogP contribution in [-0.4, -0.2) is 34.6 Å². The fourth-order valence-corrected chi connectivity index (χ4v) is 4.25. The number of rotatable bonds is 7. The number of aliphatic hydroxyl groups is 1. The molecule has 1 aliphatic carbocycles. The molecular formula is C20H21N3O5S. The van der Waals surface area contributed by atoms with E-state index in [4.69, 9.17) is 14.9 Å². The van der Waals surface area contributed by atoms with Crippen LogP contribution in [0.5, 0.6) is 5.75 Å². The number of hydrogen-bond donors (Lipinski definition) is 3. The second-order valence-electron chi connectivity index (χ2n) is 7.14. The number of nitrogens with zero attached hydrogens (tertiary/aromatic N) is 1. The summed E-state index contributed by atoms with van der Waals surface area (Å²) in [7, 11) is 0. The number of primary amides is 1. The van der Waals surface area contributed by atoms with Gasteiger partial charge in [0, 0.05) is 11.6 Å². The average molecular weight is 415 g/mol. The maximum Gasteiger partial charge on any atom is 0.256 e. The molecule has 4 rings (SSSR count). The molecule has 29 heavy (non-hydrogen) atoms. The lowest BCUT2D eigenvalue weighted by Gasteiger charge is -2.16. The van der Waals surface area contributed by atoms with Gasteiger partial charge in [0.15, 0.2) is 0 Å². The summed E-state index contributed by atoms with van der Waals surface area (Å²) in [5.74, 6) is -0.346. The molecule has 1 fully saturated rings. The zero-order valence-electron chi connectivity index (χ0n) is 16.0. The van der Waals surface area contributed by atoms with Crippen LogP contribution in [0.25, 0.3) is 11.0 Å². The number of aromatic nitrogens is 1. The first-order valence-corrected chi connectivity index (χ1v) is 10.0. The van der Waals surface area contributed by atoms with Crippen LogP contribution in [0.3, 0.4) is 0 Å². The van der Waals surface area contributed by atoms with E-state index >= 15 is 0 Å². The van der Waals surface area contributed by atoms with E-state index in [2.05, 4.69) is 10.3 Å². The monoisotopic (exact) mass is 415 g/mol. The molecule has 0 saturated heterocycles. The molecule has 0 aliphatic heterocycles. The van der Waals surface area contributed by atoms with Crippen LogP contribution in [0.1, 0.15) is 38.8 Å². The summed E-state index contributed by atoms with van der Waals surface area (Å²) in [6.45, 7) is 3.04. The Kier molecular flexibility index (Phi) is 4.79. The number of fused-ring (bicyclic) bond motifs is 1. The van der Waals surface area contributed by atoms with Gasteiger partial charge < -0.3 is 25.3 Å². The summed E-state index contributed by atoms with van der Waals surface area (Å²) in [4.78, 5) is 29.5. The Morgan fingerprint density at radius 2 is 2.17 bits per heavy atom. The normalized spacial score (nSPS) is 15.8. The number of benzene rings is 1. The van der Waals surface area contributed by atoms with Gasteiger partial charge in [0.2, 0.25) is 5.91 Å². The van der Waals surface area contributed by atoms with Gasteiger partial charge in [0.1, 0.15) is 28.7 Å². The molecule has 152 valence electrons. The zero-order valence-corrected chi connectivity index (χ0v) is 16.8. The van der Waals surface area contributed by atoms with Gasteiger partial charge in [-0.3, -0.25) is 9.59 Å². The molecule has 8 nitrogen and oxygen atoms in total. The average Bonchev–Trinajstić information content (AvgIpc) is 3.18. The number of amides is 2. The molecule has 0 radical (unpaired) electrons. The second-order valence-corrected chi connectivity index (χ2v) is 8.38. The first-order chi connectivity index (χ1) is 13.8. The fourth-order valence-electron chi connectivity index (χ4n) is 3.29. The lowest BCUT2D eigenvalue weighted by molar-refractivity contribution is -0.120. The molecule has 1 aliphatic rings. The summed E-state index contributed by atoms with van der Waals surface area (Å²) in [5, 5.41) is 13.2. The SMILES string of the molecule is Cc1ncc(C2(Oc3ccc4oc(C)c(C(=O)N[C@@H](CO)C(N)=O)c4c3)CC2)s1. The molecule has 2 heterocycles. The summed E-state index contributed by atoms with van der Waals surface area (Å²) in [5.41, 5.74) is 5.64. The van der Waals surface area contributed by atoms with Gasteiger partial charge in [-0.2, -0.15) is 0 Å². The Morgan fingerprint density at radius 3 is 2.76 bits per heavy atom. The van der Waals surface area contributed by atoms with E-state index in [9.17, 15) is 14.7 Å². The van der Waals surface area contributed by atoms with Crippen LogP contribution in [0, 0.1) is 13.8 Å². The lowest BCUT2D eigenvalue weighted by atomic mass is 10.1. The predicted molar refractivity (Wildman–Crippen MR) is 107 cm³/mol. The third kappa shape index (κ3) is 3.58. The lowest BCUT2D eigenvalue weighted by Crippen LogP contribution is -2.46. The zero-order chi connectivity index (χ0) is 20.8. The molecule has 0 unspecified atom stereocenters. The van der Waals surface area contributed by atoms with Crippen LogP contribution < -0.4 is 15.8 Å². The summed E-state index contributed by atoms with van der Waals surface area (Å²) >= 11 is 1.62. The molecule has 2 aromatic heterocycles. The van der Waals surface area contributed by atoms with E-state index in [1.165, 1.54) is 0 Å².